The fourth-order valence-corrected chi connectivity index (χ4v) is 2.33. The fraction of sp³-hybridized carbons (Fsp3) is 0.429. The van der Waals surface area contributed by atoms with Crippen LogP contribution in [-0.2, 0) is 4.74 Å². The molecule has 0 bridgehead atoms. The van der Waals surface area contributed by atoms with Gasteiger partial charge in [0, 0.05) is 24.5 Å². The van der Waals surface area contributed by atoms with Crippen LogP contribution < -0.4 is 15.2 Å². The minimum absolute atomic E-state index is 0.287. The molecular formula is C14H15BrN2O4. The van der Waals surface area contributed by atoms with E-state index in [1.807, 2.05) is 4.90 Å². The van der Waals surface area contributed by atoms with Crippen LogP contribution in [-0.4, -0.2) is 43.2 Å². The van der Waals surface area contributed by atoms with E-state index in [0.717, 1.165) is 5.33 Å². The molecule has 2 aromatic rings. The van der Waals surface area contributed by atoms with E-state index < -0.39 is 0 Å². The van der Waals surface area contributed by atoms with Crippen molar-refractivity contribution in [1.29, 1.82) is 0 Å². The quantitative estimate of drug-likeness (QED) is 0.780. The molecule has 1 aromatic carbocycles. The summed E-state index contributed by atoms with van der Waals surface area (Å²) in [6.45, 7) is 3.11. The van der Waals surface area contributed by atoms with Gasteiger partial charge in [0.2, 0.25) is 0 Å². The van der Waals surface area contributed by atoms with E-state index >= 15 is 0 Å². The lowest BCUT2D eigenvalue weighted by molar-refractivity contribution is 0.120. The Morgan fingerprint density at radius 2 is 2.14 bits per heavy atom. The number of halogens is 1. The molecule has 1 aromatic heterocycles. The molecule has 6 nitrogen and oxygen atoms in total. The number of ether oxygens (including phenoxy) is 2. The number of fused-ring (bicyclic) bond motifs is 1. The summed E-state index contributed by atoms with van der Waals surface area (Å²) in [5.74, 6) is 0.671. The van der Waals surface area contributed by atoms with Crippen LogP contribution in [0.15, 0.2) is 27.4 Å². The van der Waals surface area contributed by atoms with E-state index in [2.05, 4.69) is 20.9 Å². The molecule has 112 valence electrons. The zero-order valence-electron chi connectivity index (χ0n) is 11.4. The summed E-state index contributed by atoms with van der Waals surface area (Å²) >= 11 is 3.30. The van der Waals surface area contributed by atoms with Crippen LogP contribution in [0.3, 0.4) is 0 Å². The number of hydrogen-bond acceptors (Lipinski definition) is 6. The Morgan fingerprint density at radius 3 is 2.90 bits per heavy atom. The molecule has 0 spiro atoms. The van der Waals surface area contributed by atoms with E-state index in [0.29, 0.717) is 55.6 Å². The van der Waals surface area contributed by atoms with E-state index in [4.69, 9.17) is 13.9 Å². The first-order chi connectivity index (χ1) is 10.3. The molecule has 0 atom stereocenters. The first kappa shape index (κ1) is 14.3. The van der Waals surface area contributed by atoms with E-state index in [-0.39, 0.29) is 5.56 Å². The Hall–Kier alpha value is -1.60. The van der Waals surface area contributed by atoms with Crippen molar-refractivity contribution >= 4 is 32.9 Å². The standard InChI is InChI=1S/C14H15BrN2O4/c15-3-6-20-10-1-2-11-12(9-10)21-14(16-13(11)18)17-4-7-19-8-5-17/h1-2,9H,3-8H2. The summed E-state index contributed by atoms with van der Waals surface area (Å²) in [7, 11) is 0. The van der Waals surface area contributed by atoms with Gasteiger partial charge in [-0.1, -0.05) is 15.9 Å². The second-order valence-corrected chi connectivity index (χ2v) is 5.39. The highest BCUT2D eigenvalue weighted by Crippen LogP contribution is 2.22. The molecule has 0 radical (unpaired) electrons. The highest BCUT2D eigenvalue weighted by molar-refractivity contribution is 9.09. The highest BCUT2D eigenvalue weighted by Gasteiger charge is 2.17. The first-order valence-electron chi connectivity index (χ1n) is 6.74. The summed E-state index contributed by atoms with van der Waals surface area (Å²) in [5, 5.41) is 1.20. The SMILES string of the molecule is O=c1nc(N2CCOCC2)oc2cc(OCCBr)ccc12. The van der Waals surface area contributed by atoms with Crippen molar-refractivity contribution in [2.75, 3.05) is 43.1 Å². The maximum atomic E-state index is 12.1. The maximum absolute atomic E-state index is 12.1. The predicted octanol–water partition coefficient (Wildman–Crippen LogP) is 1.80. The van der Waals surface area contributed by atoms with Gasteiger partial charge in [-0.15, -0.1) is 0 Å². The number of benzene rings is 1. The van der Waals surface area contributed by atoms with E-state index in [1.54, 1.807) is 18.2 Å². The zero-order valence-corrected chi connectivity index (χ0v) is 13.0. The van der Waals surface area contributed by atoms with Gasteiger partial charge < -0.3 is 18.8 Å². The number of alkyl halides is 1. The lowest BCUT2D eigenvalue weighted by Crippen LogP contribution is -2.37. The molecule has 3 rings (SSSR count). The van der Waals surface area contributed by atoms with Gasteiger partial charge in [0.15, 0.2) is 0 Å². The van der Waals surface area contributed by atoms with Crippen molar-refractivity contribution in [2.24, 2.45) is 0 Å². The fourth-order valence-electron chi connectivity index (χ4n) is 2.17. The van der Waals surface area contributed by atoms with Gasteiger partial charge in [-0.2, -0.15) is 4.98 Å². The largest absolute Gasteiger partial charge is 0.493 e. The summed E-state index contributed by atoms with van der Waals surface area (Å²) in [4.78, 5) is 18.0. The molecule has 1 saturated heterocycles. The van der Waals surface area contributed by atoms with Gasteiger partial charge in [0.25, 0.3) is 5.56 Å². The molecule has 0 N–H and O–H groups in total. The van der Waals surface area contributed by atoms with Gasteiger partial charge in [-0.3, -0.25) is 4.79 Å². The van der Waals surface area contributed by atoms with Crippen LogP contribution in [0, 0.1) is 0 Å². The lowest BCUT2D eigenvalue weighted by Gasteiger charge is -2.25. The molecule has 1 aliphatic heterocycles. The Morgan fingerprint density at radius 1 is 1.33 bits per heavy atom. The summed E-state index contributed by atoms with van der Waals surface area (Å²) in [6.07, 6.45) is 0. The number of nitrogens with zero attached hydrogens (tertiary/aromatic N) is 2. The molecule has 2 heterocycles. The monoisotopic (exact) mass is 354 g/mol. The molecule has 0 saturated carbocycles. The zero-order chi connectivity index (χ0) is 14.7. The van der Waals surface area contributed by atoms with E-state index in [9.17, 15) is 4.79 Å². The number of aromatic nitrogens is 1. The molecule has 7 heteroatoms. The second-order valence-electron chi connectivity index (χ2n) is 4.60. The maximum Gasteiger partial charge on any atom is 0.301 e. The summed E-state index contributed by atoms with van der Waals surface area (Å²) in [5.41, 5.74) is 0.202. The van der Waals surface area contributed by atoms with E-state index in [1.165, 1.54) is 0 Å². The van der Waals surface area contributed by atoms with Gasteiger partial charge >= 0.3 is 6.01 Å². The smallest absolute Gasteiger partial charge is 0.301 e. The van der Waals surface area contributed by atoms with Gasteiger partial charge in [0.1, 0.15) is 11.3 Å². The molecule has 21 heavy (non-hydrogen) atoms. The number of rotatable bonds is 4. The number of morpholine rings is 1. The van der Waals surface area contributed by atoms with Crippen LogP contribution in [0.2, 0.25) is 0 Å². The summed E-state index contributed by atoms with van der Waals surface area (Å²) in [6, 6.07) is 5.50. The topological polar surface area (TPSA) is 64.8 Å². The number of anilines is 1. The Labute approximate surface area is 129 Å². The van der Waals surface area contributed by atoms with Crippen LogP contribution >= 0.6 is 15.9 Å². The van der Waals surface area contributed by atoms with Gasteiger partial charge in [-0.25, -0.2) is 0 Å². The first-order valence-corrected chi connectivity index (χ1v) is 7.86. The van der Waals surface area contributed by atoms with Gasteiger partial charge in [0.05, 0.1) is 25.2 Å². The molecular weight excluding hydrogens is 340 g/mol. The van der Waals surface area contributed by atoms with Crippen molar-refractivity contribution in [2.45, 2.75) is 0 Å². The predicted molar refractivity (Wildman–Crippen MR) is 82.6 cm³/mol. The summed E-state index contributed by atoms with van der Waals surface area (Å²) < 4.78 is 16.6. The Bertz CT molecular complexity index is 682. The normalized spacial score (nSPS) is 15.4. The lowest BCUT2D eigenvalue weighted by atomic mass is 10.2. The third-order valence-corrected chi connectivity index (χ3v) is 3.53. The average Bonchev–Trinajstić information content (AvgIpc) is 2.53. The van der Waals surface area contributed by atoms with Crippen LogP contribution in [0.25, 0.3) is 11.0 Å². The Kier molecular flexibility index (Phi) is 4.40. The third-order valence-electron chi connectivity index (χ3n) is 3.21. The van der Waals surface area contributed by atoms with Crippen LogP contribution in [0.4, 0.5) is 6.01 Å². The van der Waals surface area contributed by atoms with Crippen molar-refractivity contribution in [3.8, 4) is 5.75 Å². The molecule has 1 aliphatic rings. The highest BCUT2D eigenvalue weighted by atomic mass is 79.9. The van der Waals surface area contributed by atoms with Crippen LogP contribution in [0.5, 0.6) is 5.75 Å². The third kappa shape index (κ3) is 3.19. The van der Waals surface area contributed by atoms with Crippen molar-refractivity contribution in [3.05, 3.63) is 28.6 Å². The molecule has 0 amide bonds. The van der Waals surface area contributed by atoms with Crippen molar-refractivity contribution in [3.63, 3.8) is 0 Å². The molecule has 0 aliphatic carbocycles. The second kappa shape index (κ2) is 6.44. The number of hydrogen-bond donors (Lipinski definition) is 0. The minimum Gasteiger partial charge on any atom is -0.493 e. The van der Waals surface area contributed by atoms with Crippen LogP contribution in [0.1, 0.15) is 0 Å². The molecule has 1 fully saturated rings. The Balaban J connectivity index is 1.97. The minimum atomic E-state index is -0.287. The van der Waals surface area contributed by atoms with Crippen molar-refractivity contribution < 1.29 is 13.9 Å². The van der Waals surface area contributed by atoms with Gasteiger partial charge in [-0.05, 0) is 12.1 Å². The van der Waals surface area contributed by atoms with Crippen molar-refractivity contribution in [1.82, 2.24) is 4.98 Å². The molecule has 0 unspecified atom stereocenters. The average molecular weight is 355 g/mol.